The largest absolute Gasteiger partial charge is 0.394 e. The van der Waals surface area contributed by atoms with Gasteiger partial charge in [-0.25, -0.2) is 0 Å². The van der Waals surface area contributed by atoms with E-state index in [1.54, 1.807) is 0 Å². The summed E-state index contributed by atoms with van der Waals surface area (Å²) >= 11 is 0. The summed E-state index contributed by atoms with van der Waals surface area (Å²) in [5, 5.41) is 8.82. The zero-order valence-electron chi connectivity index (χ0n) is 13.0. The minimum atomic E-state index is 0.135. The third-order valence-electron chi connectivity index (χ3n) is 3.66. The number of hydrogen-bond acceptors (Lipinski definition) is 2. The van der Waals surface area contributed by atoms with Crippen molar-refractivity contribution >= 4 is 0 Å². The summed E-state index contributed by atoms with van der Waals surface area (Å²) in [7, 11) is 0. The highest BCUT2D eigenvalue weighted by Gasteiger charge is 2.15. The average Bonchev–Trinajstić information content (AvgIpc) is 2.34. The van der Waals surface area contributed by atoms with E-state index in [1.165, 1.54) is 38.5 Å². The fourth-order valence-electron chi connectivity index (χ4n) is 2.33. The molecule has 0 saturated heterocycles. The smallest absolute Gasteiger partial charge is 0.0701 e. The summed E-state index contributed by atoms with van der Waals surface area (Å²) < 4.78 is 5.70. The van der Waals surface area contributed by atoms with Crippen LogP contribution < -0.4 is 0 Å². The molecule has 2 atom stereocenters. The second kappa shape index (κ2) is 12.0. The van der Waals surface area contributed by atoms with Crippen molar-refractivity contribution in [2.24, 2.45) is 11.8 Å². The molecular weight excluding hydrogens is 224 g/mol. The Labute approximate surface area is 114 Å². The van der Waals surface area contributed by atoms with Crippen molar-refractivity contribution in [3.8, 4) is 0 Å². The first kappa shape index (κ1) is 17.9. The Morgan fingerprint density at radius 2 is 1.67 bits per heavy atom. The molecular formula is C16H34O2. The predicted octanol–water partition coefficient (Wildman–Crippen LogP) is 4.41. The van der Waals surface area contributed by atoms with E-state index in [4.69, 9.17) is 9.84 Å². The summed E-state index contributed by atoms with van der Waals surface area (Å²) in [5.74, 6) is 1.35. The van der Waals surface area contributed by atoms with Crippen LogP contribution in [0.3, 0.4) is 0 Å². The van der Waals surface area contributed by atoms with E-state index in [0.717, 1.165) is 12.3 Å². The molecule has 0 aromatic carbocycles. The topological polar surface area (TPSA) is 29.5 Å². The van der Waals surface area contributed by atoms with Gasteiger partial charge < -0.3 is 9.84 Å². The lowest BCUT2D eigenvalue weighted by atomic mass is 9.93. The van der Waals surface area contributed by atoms with Gasteiger partial charge in [-0.2, -0.15) is 0 Å². The molecule has 2 heteroatoms. The lowest BCUT2D eigenvalue weighted by Crippen LogP contribution is -2.22. The standard InChI is InChI=1S/C16H34O2/c1-5-6-7-8-9-15(4)10-11-16(14(2)3)18-13-12-17/h14-17H,5-13H2,1-4H3. The van der Waals surface area contributed by atoms with Gasteiger partial charge in [0.2, 0.25) is 0 Å². The highest BCUT2D eigenvalue weighted by atomic mass is 16.5. The Morgan fingerprint density at radius 3 is 2.22 bits per heavy atom. The molecule has 0 aromatic heterocycles. The van der Waals surface area contributed by atoms with Crippen molar-refractivity contribution in [3.63, 3.8) is 0 Å². The molecule has 0 aliphatic rings. The van der Waals surface area contributed by atoms with Crippen LogP contribution in [-0.2, 0) is 4.74 Å². The Balaban J connectivity index is 3.67. The van der Waals surface area contributed by atoms with E-state index >= 15 is 0 Å². The van der Waals surface area contributed by atoms with E-state index in [2.05, 4.69) is 27.7 Å². The molecule has 2 nitrogen and oxygen atoms in total. The van der Waals surface area contributed by atoms with Crippen molar-refractivity contribution in [1.82, 2.24) is 0 Å². The highest BCUT2D eigenvalue weighted by molar-refractivity contribution is 4.65. The summed E-state index contributed by atoms with van der Waals surface area (Å²) in [5.41, 5.74) is 0. The second-order valence-electron chi connectivity index (χ2n) is 5.91. The molecule has 1 N–H and O–H groups in total. The molecule has 0 aromatic rings. The number of aliphatic hydroxyl groups excluding tert-OH is 1. The second-order valence-corrected chi connectivity index (χ2v) is 5.91. The number of ether oxygens (including phenoxy) is 1. The molecule has 18 heavy (non-hydrogen) atoms. The van der Waals surface area contributed by atoms with Crippen molar-refractivity contribution in [2.75, 3.05) is 13.2 Å². The Hall–Kier alpha value is -0.0800. The minimum absolute atomic E-state index is 0.135. The van der Waals surface area contributed by atoms with Crippen molar-refractivity contribution in [3.05, 3.63) is 0 Å². The maximum atomic E-state index is 8.82. The maximum absolute atomic E-state index is 8.82. The first-order valence-corrected chi connectivity index (χ1v) is 7.84. The molecule has 0 saturated carbocycles. The van der Waals surface area contributed by atoms with Crippen LogP contribution in [0.25, 0.3) is 0 Å². The molecule has 0 spiro atoms. The third kappa shape index (κ3) is 9.90. The van der Waals surface area contributed by atoms with E-state index in [-0.39, 0.29) is 6.61 Å². The van der Waals surface area contributed by atoms with Crippen LogP contribution >= 0.6 is 0 Å². The first-order valence-electron chi connectivity index (χ1n) is 7.84. The summed E-state index contributed by atoms with van der Waals surface area (Å²) in [6, 6.07) is 0. The van der Waals surface area contributed by atoms with Gasteiger partial charge in [-0.15, -0.1) is 0 Å². The molecule has 110 valence electrons. The summed E-state index contributed by atoms with van der Waals surface area (Å²) in [4.78, 5) is 0. The number of unbranched alkanes of at least 4 members (excludes halogenated alkanes) is 3. The number of aliphatic hydroxyl groups is 1. The predicted molar refractivity (Wildman–Crippen MR) is 78.8 cm³/mol. The quantitative estimate of drug-likeness (QED) is 0.526. The maximum Gasteiger partial charge on any atom is 0.0701 e. The van der Waals surface area contributed by atoms with Gasteiger partial charge in [-0.3, -0.25) is 0 Å². The first-order chi connectivity index (χ1) is 8.61. The van der Waals surface area contributed by atoms with Gasteiger partial charge in [0, 0.05) is 0 Å². The van der Waals surface area contributed by atoms with E-state index < -0.39 is 0 Å². The normalized spacial score (nSPS) is 15.0. The molecule has 0 heterocycles. The van der Waals surface area contributed by atoms with Gasteiger partial charge >= 0.3 is 0 Å². The molecule has 0 rings (SSSR count). The number of rotatable bonds is 12. The molecule has 0 aliphatic heterocycles. The van der Waals surface area contributed by atoms with E-state index in [9.17, 15) is 0 Å². The fourth-order valence-corrected chi connectivity index (χ4v) is 2.33. The summed E-state index contributed by atoms with van der Waals surface area (Å²) in [6.07, 6.45) is 9.50. The van der Waals surface area contributed by atoms with Crippen LogP contribution in [0.2, 0.25) is 0 Å². The molecule has 0 radical (unpaired) electrons. The van der Waals surface area contributed by atoms with Crippen LogP contribution in [0.5, 0.6) is 0 Å². The van der Waals surface area contributed by atoms with Crippen LogP contribution in [0.4, 0.5) is 0 Å². The zero-order chi connectivity index (χ0) is 13.8. The average molecular weight is 258 g/mol. The van der Waals surface area contributed by atoms with E-state index in [0.29, 0.717) is 18.6 Å². The molecule has 0 aliphatic carbocycles. The van der Waals surface area contributed by atoms with Crippen LogP contribution in [0.15, 0.2) is 0 Å². The Bertz CT molecular complexity index is 168. The van der Waals surface area contributed by atoms with Gasteiger partial charge in [0.05, 0.1) is 19.3 Å². The van der Waals surface area contributed by atoms with Crippen LogP contribution in [-0.4, -0.2) is 24.4 Å². The molecule has 0 bridgehead atoms. The van der Waals surface area contributed by atoms with Crippen molar-refractivity contribution in [1.29, 1.82) is 0 Å². The van der Waals surface area contributed by atoms with Gasteiger partial charge in [-0.05, 0) is 24.7 Å². The molecule has 0 amide bonds. The van der Waals surface area contributed by atoms with Crippen LogP contribution in [0.1, 0.15) is 72.6 Å². The van der Waals surface area contributed by atoms with Gasteiger partial charge in [0.25, 0.3) is 0 Å². The fraction of sp³-hybridized carbons (Fsp3) is 1.00. The monoisotopic (exact) mass is 258 g/mol. The van der Waals surface area contributed by atoms with Gasteiger partial charge in [0.15, 0.2) is 0 Å². The van der Waals surface area contributed by atoms with Gasteiger partial charge in [0.1, 0.15) is 0 Å². The minimum Gasteiger partial charge on any atom is -0.394 e. The number of hydrogen-bond donors (Lipinski definition) is 1. The van der Waals surface area contributed by atoms with Crippen molar-refractivity contribution in [2.45, 2.75) is 78.7 Å². The zero-order valence-corrected chi connectivity index (χ0v) is 13.0. The Morgan fingerprint density at radius 1 is 0.944 bits per heavy atom. The van der Waals surface area contributed by atoms with E-state index in [1.807, 2.05) is 0 Å². The summed E-state index contributed by atoms with van der Waals surface area (Å²) in [6.45, 7) is 9.63. The SMILES string of the molecule is CCCCCCC(C)CCC(OCCO)C(C)C. The third-order valence-corrected chi connectivity index (χ3v) is 3.66. The molecule has 0 fully saturated rings. The Kier molecular flexibility index (Phi) is 11.9. The van der Waals surface area contributed by atoms with Crippen LogP contribution in [0, 0.1) is 11.8 Å². The van der Waals surface area contributed by atoms with Gasteiger partial charge in [-0.1, -0.05) is 59.8 Å². The lowest BCUT2D eigenvalue weighted by molar-refractivity contribution is -0.00458. The highest BCUT2D eigenvalue weighted by Crippen LogP contribution is 2.20. The lowest BCUT2D eigenvalue weighted by Gasteiger charge is -2.22. The van der Waals surface area contributed by atoms with Crippen molar-refractivity contribution < 1.29 is 9.84 Å². The molecule has 2 unspecified atom stereocenters.